The van der Waals surface area contributed by atoms with Gasteiger partial charge in [-0.05, 0) is 103 Å². The van der Waals surface area contributed by atoms with Gasteiger partial charge in [0.25, 0.3) is 0 Å². The van der Waals surface area contributed by atoms with Gasteiger partial charge >= 0.3 is 0 Å². The number of hydrogen-bond acceptors (Lipinski definition) is 3. The van der Waals surface area contributed by atoms with Crippen molar-refractivity contribution < 1.29 is 15.3 Å². The van der Waals surface area contributed by atoms with Gasteiger partial charge in [0.05, 0.1) is 18.8 Å². The molecule has 34 heavy (non-hydrogen) atoms. The fraction of sp³-hybridized carbons (Fsp3) is 0.871. The highest BCUT2D eigenvalue weighted by Crippen LogP contribution is 2.75. The van der Waals surface area contributed by atoms with Gasteiger partial charge in [-0.3, -0.25) is 0 Å². The van der Waals surface area contributed by atoms with E-state index in [0.717, 1.165) is 19.3 Å². The van der Waals surface area contributed by atoms with Crippen LogP contribution in [0.3, 0.4) is 0 Å². The van der Waals surface area contributed by atoms with Crippen LogP contribution < -0.4 is 0 Å². The van der Waals surface area contributed by atoms with Crippen molar-refractivity contribution in [1.29, 1.82) is 0 Å². The van der Waals surface area contributed by atoms with Crippen molar-refractivity contribution in [1.82, 2.24) is 0 Å². The molecule has 0 aromatic carbocycles. The summed E-state index contributed by atoms with van der Waals surface area (Å²) in [6, 6.07) is 0. The van der Waals surface area contributed by atoms with Crippen molar-refractivity contribution in [3.63, 3.8) is 0 Å². The van der Waals surface area contributed by atoms with Crippen LogP contribution >= 0.6 is 0 Å². The summed E-state index contributed by atoms with van der Waals surface area (Å²) in [5.41, 5.74) is 1.94. The summed E-state index contributed by atoms with van der Waals surface area (Å²) in [4.78, 5) is 0. The third kappa shape index (κ3) is 2.93. The molecule has 0 heterocycles. The van der Waals surface area contributed by atoms with Gasteiger partial charge in [-0.15, -0.1) is 6.58 Å². The first-order chi connectivity index (χ1) is 15.7. The number of hydrogen-bond donors (Lipinski definition) is 3. The molecule has 5 aliphatic carbocycles. The molecule has 5 aliphatic rings. The molecule has 4 fully saturated rings. The van der Waals surface area contributed by atoms with Crippen molar-refractivity contribution in [3.8, 4) is 0 Å². The number of aliphatic hydroxyl groups is 3. The Balaban J connectivity index is 1.60. The van der Waals surface area contributed by atoms with Crippen molar-refractivity contribution in [2.45, 2.75) is 112 Å². The average molecular weight is 471 g/mol. The molecule has 3 N–H and O–H groups in total. The van der Waals surface area contributed by atoms with E-state index in [1.807, 2.05) is 6.92 Å². The summed E-state index contributed by atoms with van der Waals surface area (Å²) >= 11 is 0. The predicted molar refractivity (Wildman–Crippen MR) is 138 cm³/mol. The minimum Gasteiger partial charge on any atom is -0.396 e. The van der Waals surface area contributed by atoms with Crippen LogP contribution in [0.15, 0.2) is 24.3 Å². The van der Waals surface area contributed by atoms with E-state index in [9.17, 15) is 15.3 Å². The summed E-state index contributed by atoms with van der Waals surface area (Å²) in [5.74, 6) is 1.27. The van der Waals surface area contributed by atoms with Crippen LogP contribution in [0, 0.1) is 50.2 Å². The number of fused-ring (bicyclic) bond motifs is 7. The van der Waals surface area contributed by atoms with Crippen LogP contribution in [0.2, 0.25) is 0 Å². The average Bonchev–Trinajstić information content (AvgIpc) is 2.77. The van der Waals surface area contributed by atoms with Crippen LogP contribution in [-0.2, 0) is 0 Å². The van der Waals surface area contributed by atoms with Gasteiger partial charge < -0.3 is 15.3 Å². The highest BCUT2D eigenvalue weighted by molar-refractivity contribution is 5.35. The van der Waals surface area contributed by atoms with E-state index >= 15 is 0 Å². The molecule has 0 radical (unpaired) electrons. The second-order valence-electron chi connectivity index (χ2n) is 15.0. The molecule has 10 atom stereocenters. The zero-order valence-corrected chi connectivity index (χ0v) is 22.7. The Morgan fingerprint density at radius 3 is 2.26 bits per heavy atom. The quantitative estimate of drug-likeness (QED) is 0.416. The molecule has 3 nitrogen and oxygen atoms in total. The standard InChI is InChI=1S/C31H50O3/c1-8-31-15-13-26(2,3)17-21(31)20-9-10-24-27(4)18-22(33)25(34)28(5,19-32)23(27)11-12-30(24,7)29(20,6)14-16-31/h8-9,21-25,32-34H,1,10-19H2,2-7H3. The first-order valence-corrected chi connectivity index (χ1v) is 14.0. The second-order valence-corrected chi connectivity index (χ2v) is 15.0. The van der Waals surface area contributed by atoms with Crippen LogP contribution in [0.5, 0.6) is 0 Å². The molecule has 4 saturated carbocycles. The molecule has 0 saturated heterocycles. The van der Waals surface area contributed by atoms with Gasteiger partial charge in [-0.2, -0.15) is 0 Å². The fourth-order valence-corrected chi connectivity index (χ4v) is 10.8. The van der Waals surface area contributed by atoms with Gasteiger partial charge in [-0.1, -0.05) is 59.3 Å². The Morgan fingerprint density at radius 1 is 0.941 bits per heavy atom. The highest BCUT2D eigenvalue weighted by Gasteiger charge is 2.69. The molecular weight excluding hydrogens is 420 g/mol. The maximum absolute atomic E-state index is 11.0. The fourth-order valence-electron chi connectivity index (χ4n) is 10.8. The zero-order chi connectivity index (χ0) is 24.9. The predicted octanol–water partition coefficient (Wildman–Crippen LogP) is 6.28. The Kier molecular flexibility index (Phi) is 5.48. The molecule has 5 rings (SSSR count). The number of aliphatic hydroxyl groups excluding tert-OH is 3. The van der Waals surface area contributed by atoms with Crippen molar-refractivity contribution in [2.75, 3.05) is 6.61 Å². The maximum Gasteiger partial charge on any atom is 0.0877 e. The highest BCUT2D eigenvalue weighted by atomic mass is 16.3. The molecule has 3 heteroatoms. The third-order valence-electron chi connectivity index (χ3n) is 13.2. The van der Waals surface area contributed by atoms with Crippen LogP contribution in [0.1, 0.15) is 99.3 Å². The topological polar surface area (TPSA) is 60.7 Å². The summed E-state index contributed by atoms with van der Waals surface area (Å²) in [7, 11) is 0. The lowest BCUT2D eigenvalue weighted by Crippen LogP contribution is -2.67. The lowest BCUT2D eigenvalue weighted by Gasteiger charge is -2.71. The third-order valence-corrected chi connectivity index (χ3v) is 13.2. The summed E-state index contributed by atoms with van der Waals surface area (Å²) in [6.45, 7) is 18.7. The second kappa shape index (κ2) is 7.45. The molecule has 0 amide bonds. The first kappa shape index (κ1) is 25.0. The molecule has 0 aliphatic heterocycles. The van der Waals surface area contributed by atoms with Gasteiger partial charge in [-0.25, -0.2) is 0 Å². The normalized spacial score (nSPS) is 56.3. The summed E-state index contributed by atoms with van der Waals surface area (Å²) < 4.78 is 0. The Hall–Kier alpha value is -0.640. The molecule has 0 aromatic heterocycles. The molecular formula is C31H50O3. The monoisotopic (exact) mass is 470 g/mol. The SMILES string of the molecule is C=CC12CCC(C)(C)CC1C1=CCC3C4(C)CC(O)C(O)C(C)(CO)C4CCC3(C)C1(C)CC2. The van der Waals surface area contributed by atoms with Crippen molar-refractivity contribution in [3.05, 3.63) is 24.3 Å². The lowest BCUT2D eigenvalue weighted by molar-refractivity contribution is -0.242. The minimum absolute atomic E-state index is 0.0632. The molecule has 0 bridgehead atoms. The largest absolute Gasteiger partial charge is 0.396 e. The van der Waals surface area contributed by atoms with Crippen molar-refractivity contribution >= 4 is 0 Å². The summed E-state index contributed by atoms with van der Waals surface area (Å²) in [6.07, 6.45) is 13.5. The Labute approximate surface area is 208 Å². The smallest absolute Gasteiger partial charge is 0.0877 e. The van der Waals surface area contributed by atoms with E-state index < -0.39 is 17.6 Å². The number of allylic oxidation sites excluding steroid dienone is 3. The van der Waals surface area contributed by atoms with Gasteiger partial charge in [0, 0.05) is 5.41 Å². The Bertz CT molecular complexity index is 891. The zero-order valence-electron chi connectivity index (χ0n) is 22.7. The van der Waals surface area contributed by atoms with Crippen LogP contribution in [-0.4, -0.2) is 34.1 Å². The van der Waals surface area contributed by atoms with E-state index in [2.05, 4.69) is 53.3 Å². The molecule has 0 spiro atoms. The van der Waals surface area contributed by atoms with Crippen molar-refractivity contribution in [2.24, 2.45) is 50.2 Å². The van der Waals surface area contributed by atoms with Crippen LogP contribution in [0.4, 0.5) is 0 Å². The number of rotatable bonds is 2. The molecule has 0 aromatic rings. The maximum atomic E-state index is 11.0. The van der Waals surface area contributed by atoms with Crippen LogP contribution in [0.25, 0.3) is 0 Å². The summed E-state index contributed by atoms with van der Waals surface area (Å²) in [5, 5.41) is 32.4. The first-order valence-electron chi connectivity index (χ1n) is 14.0. The minimum atomic E-state index is -0.849. The molecule has 192 valence electrons. The molecule has 10 unspecified atom stereocenters. The van der Waals surface area contributed by atoms with E-state index in [0.29, 0.717) is 23.7 Å². The van der Waals surface area contributed by atoms with Gasteiger partial charge in [0.2, 0.25) is 0 Å². The van der Waals surface area contributed by atoms with E-state index in [-0.39, 0.29) is 34.2 Å². The van der Waals surface area contributed by atoms with E-state index in [4.69, 9.17) is 0 Å². The van der Waals surface area contributed by atoms with Gasteiger partial charge in [0.15, 0.2) is 0 Å². The lowest BCUT2D eigenvalue weighted by atomic mass is 9.33. The van der Waals surface area contributed by atoms with E-state index in [1.165, 1.54) is 32.1 Å². The van der Waals surface area contributed by atoms with E-state index in [1.54, 1.807) is 5.57 Å². The Morgan fingerprint density at radius 2 is 1.62 bits per heavy atom. The van der Waals surface area contributed by atoms with Gasteiger partial charge in [0.1, 0.15) is 0 Å².